The van der Waals surface area contributed by atoms with Crippen molar-refractivity contribution in [2.75, 3.05) is 13.1 Å². The quantitative estimate of drug-likeness (QED) is 0.802. The van der Waals surface area contributed by atoms with Crippen LogP contribution in [-0.2, 0) is 6.54 Å². The van der Waals surface area contributed by atoms with E-state index in [0.717, 1.165) is 44.0 Å². The fraction of sp³-hybridized carbons (Fsp3) is 0.316. The second-order valence-electron chi connectivity index (χ2n) is 6.30. The van der Waals surface area contributed by atoms with Gasteiger partial charge in [-0.05, 0) is 43.6 Å². The van der Waals surface area contributed by atoms with E-state index in [1.54, 1.807) is 6.20 Å². The van der Waals surface area contributed by atoms with Crippen LogP contribution in [0.3, 0.4) is 0 Å². The first-order chi connectivity index (χ1) is 11.9. The number of H-pyrrole nitrogens is 1. The number of pyridine rings is 1. The Morgan fingerprint density at radius 1 is 1.00 bits per heavy atom. The molecule has 3 heterocycles. The average molecular weight is 319 g/mol. The molecule has 5 nitrogen and oxygen atoms in total. The van der Waals surface area contributed by atoms with Crippen LogP contribution in [0.2, 0.25) is 0 Å². The minimum absolute atomic E-state index is 0.460. The maximum absolute atomic E-state index is 4.67. The van der Waals surface area contributed by atoms with Gasteiger partial charge in [-0.2, -0.15) is 5.10 Å². The molecule has 0 radical (unpaired) electrons. The average Bonchev–Trinajstić information content (AvgIpc) is 3.14. The lowest BCUT2D eigenvalue weighted by Crippen LogP contribution is -2.32. The zero-order valence-corrected chi connectivity index (χ0v) is 13.6. The Kier molecular flexibility index (Phi) is 4.34. The van der Waals surface area contributed by atoms with Gasteiger partial charge < -0.3 is 0 Å². The number of piperidine rings is 1. The molecule has 1 saturated heterocycles. The normalized spacial score (nSPS) is 16.3. The summed E-state index contributed by atoms with van der Waals surface area (Å²) in [7, 11) is 0. The largest absolute Gasteiger partial charge is 0.299 e. The highest BCUT2D eigenvalue weighted by Gasteiger charge is 2.23. The van der Waals surface area contributed by atoms with Gasteiger partial charge in [0.1, 0.15) is 11.5 Å². The van der Waals surface area contributed by atoms with Crippen LogP contribution in [0.1, 0.15) is 30.1 Å². The second kappa shape index (κ2) is 6.93. The summed E-state index contributed by atoms with van der Waals surface area (Å²) in [4.78, 5) is 11.5. The third kappa shape index (κ3) is 3.36. The monoisotopic (exact) mass is 319 g/mol. The molecule has 0 bridgehead atoms. The SMILES string of the molecule is c1ccc(CN2CCC(c3nc(-c4ccccn4)n[nH]3)CC2)cc1. The van der Waals surface area contributed by atoms with E-state index in [-0.39, 0.29) is 0 Å². The molecule has 1 aliphatic rings. The van der Waals surface area contributed by atoms with Crippen LogP contribution >= 0.6 is 0 Å². The summed E-state index contributed by atoms with van der Waals surface area (Å²) in [6, 6.07) is 16.5. The molecule has 0 amide bonds. The first kappa shape index (κ1) is 15.0. The van der Waals surface area contributed by atoms with Gasteiger partial charge in [0.15, 0.2) is 5.82 Å². The third-order valence-electron chi connectivity index (χ3n) is 4.62. The Hall–Kier alpha value is -2.53. The summed E-state index contributed by atoms with van der Waals surface area (Å²) >= 11 is 0. The summed E-state index contributed by atoms with van der Waals surface area (Å²) in [6.07, 6.45) is 4.00. The highest BCUT2D eigenvalue weighted by Crippen LogP contribution is 2.27. The number of likely N-dealkylation sites (tertiary alicyclic amines) is 1. The Morgan fingerprint density at radius 2 is 1.79 bits per heavy atom. The Labute approximate surface area is 141 Å². The van der Waals surface area contributed by atoms with Gasteiger partial charge in [0.05, 0.1) is 0 Å². The van der Waals surface area contributed by atoms with Crippen molar-refractivity contribution in [3.05, 3.63) is 66.1 Å². The molecule has 1 aromatic carbocycles. The van der Waals surface area contributed by atoms with E-state index in [9.17, 15) is 0 Å². The minimum Gasteiger partial charge on any atom is -0.299 e. The van der Waals surface area contributed by atoms with E-state index in [0.29, 0.717) is 11.7 Å². The molecule has 0 spiro atoms. The van der Waals surface area contributed by atoms with Gasteiger partial charge in [0, 0.05) is 18.7 Å². The highest BCUT2D eigenvalue weighted by atomic mass is 15.2. The number of nitrogens with zero attached hydrogens (tertiary/aromatic N) is 4. The van der Waals surface area contributed by atoms with E-state index in [4.69, 9.17) is 0 Å². The third-order valence-corrected chi connectivity index (χ3v) is 4.62. The van der Waals surface area contributed by atoms with Gasteiger partial charge in [-0.15, -0.1) is 0 Å². The standard InChI is InChI=1S/C19H21N5/c1-2-6-15(7-3-1)14-24-12-9-16(10-13-24)18-21-19(23-22-18)17-8-4-5-11-20-17/h1-8,11,16H,9-10,12-14H2,(H,21,22,23). The molecule has 1 fully saturated rings. The predicted octanol–water partition coefficient (Wildman–Crippen LogP) is 3.25. The Morgan fingerprint density at radius 3 is 2.54 bits per heavy atom. The van der Waals surface area contributed by atoms with Crippen LogP contribution in [-0.4, -0.2) is 38.2 Å². The lowest BCUT2D eigenvalue weighted by molar-refractivity contribution is 0.202. The molecule has 0 aliphatic carbocycles. The molecular formula is C19H21N5. The van der Waals surface area contributed by atoms with Crippen molar-refractivity contribution in [1.29, 1.82) is 0 Å². The molecule has 1 aliphatic heterocycles. The maximum atomic E-state index is 4.67. The predicted molar refractivity (Wildman–Crippen MR) is 93.3 cm³/mol. The van der Waals surface area contributed by atoms with Crippen LogP contribution in [0.4, 0.5) is 0 Å². The lowest BCUT2D eigenvalue weighted by Gasteiger charge is -2.30. The van der Waals surface area contributed by atoms with E-state index in [1.807, 2.05) is 18.2 Å². The van der Waals surface area contributed by atoms with Gasteiger partial charge >= 0.3 is 0 Å². The summed E-state index contributed by atoms with van der Waals surface area (Å²) in [5, 5.41) is 7.46. The number of hydrogen-bond donors (Lipinski definition) is 1. The molecule has 0 saturated carbocycles. The van der Waals surface area contributed by atoms with E-state index in [1.165, 1.54) is 5.56 Å². The van der Waals surface area contributed by atoms with Gasteiger partial charge in [0.25, 0.3) is 0 Å². The molecule has 24 heavy (non-hydrogen) atoms. The summed E-state index contributed by atoms with van der Waals surface area (Å²) in [5.74, 6) is 2.15. The van der Waals surface area contributed by atoms with Crippen molar-refractivity contribution >= 4 is 0 Å². The first-order valence-electron chi connectivity index (χ1n) is 8.48. The number of nitrogens with one attached hydrogen (secondary N) is 1. The Balaban J connectivity index is 1.37. The molecule has 122 valence electrons. The van der Waals surface area contributed by atoms with Crippen LogP contribution in [0.15, 0.2) is 54.7 Å². The van der Waals surface area contributed by atoms with Crippen molar-refractivity contribution in [2.45, 2.75) is 25.3 Å². The minimum atomic E-state index is 0.460. The molecule has 4 rings (SSSR count). The second-order valence-corrected chi connectivity index (χ2v) is 6.30. The van der Waals surface area contributed by atoms with E-state index < -0.39 is 0 Å². The van der Waals surface area contributed by atoms with Gasteiger partial charge in [-0.25, -0.2) is 4.98 Å². The number of aromatic nitrogens is 4. The first-order valence-corrected chi connectivity index (χ1v) is 8.48. The molecule has 0 unspecified atom stereocenters. The number of aromatic amines is 1. The smallest absolute Gasteiger partial charge is 0.199 e. The molecule has 1 N–H and O–H groups in total. The van der Waals surface area contributed by atoms with E-state index in [2.05, 4.69) is 55.4 Å². The van der Waals surface area contributed by atoms with Gasteiger partial charge in [0.2, 0.25) is 0 Å². The van der Waals surface area contributed by atoms with Crippen molar-refractivity contribution in [3.63, 3.8) is 0 Å². The summed E-state index contributed by atoms with van der Waals surface area (Å²) in [5.41, 5.74) is 2.20. The summed E-state index contributed by atoms with van der Waals surface area (Å²) in [6.45, 7) is 3.22. The molecule has 3 aromatic rings. The van der Waals surface area contributed by atoms with Crippen LogP contribution < -0.4 is 0 Å². The van der Waals surface area contributed by atoms with E-state index >= 15 is 0 Å². The molecule has 2 aromatic heterocycles. The molecule has 0 atom stereocenters. The summed E-state index contributed by atoms with van der Waals surface area (Å²) < 4.78 is 0. The van der Waals surface area contributed by atoms with Crippen molar-refractivity contribution in [1.82, 2.24) is 25.1 Å². The number of hydrogen-bond acceptors (Lipinski definition) is 4. The Bertz CT molecular complexity index is 761. The maximum Gasteiger partial charge on any atom is 0.199 e. The van der Waals surface area contributed by atoms with Crippen molar-refractivity contribution < 1.29 is 0 Å². The van der Waals surface area contributed by atoms with Crippen molar-refractivity contribution in [2.24, 2.45) is 0 Å². The molecular weight excluding hydrogens is 298 g/mol. The number of benzene rings is 1. The van der Waals surface area contributed by atoms with Crippen LogP contribution in [0.25, 0.3) is 11.5 Å². The fourth-order valence-electron chi connectivity index (χ4n) is 3.27. The van der Waals surface area contributed by atoms with Gasteiger partial charge in [-0.3, -0.25) is 15.0 Å². The van der Waals surface area contributed by atoms with Crippen LogP contribution in [0, 0.1) is 0 Å². The zero-order valence-electron chi connectivity index (χ0n) is 13.6. The zero-order chi connectivity index (χ0) is 16.2. The van der Waals surface area contributed by atoms with Crippen LogP contribution in [0.5, 0.6) is 0 Å². The van der Waals surface area contributed by atoms with Crippen molar-refractivity contribution in [3.8, 4) is 11.5 Å². The lowest BCUT2D eigenvalue weighted by atomic mass is 9.96. The topological polar surface area (TPSA) is 57.7 Å². The fourth-order valence-corrected chi connectivity index (χ4v) is 3.27. The van der Waals surface area contributed by atoms with Gasteiger partial charge in [-0.1, -0.05) is 36.4 Å². The number of rotatable bonds is 4. The molecule has 5 heteroatoms. The highest BCUT2D eigenvalue weighted by molar-refractivity contribution is 5.47.